The molecule has 0 aromatic heterocycles. The lowest BCUT2D eigenvalue weighted by molar-refractivity contribution is 0.351. The Balaban J connectivity index is 0.00000196. The van der Waals surface area contributed by atoms with Crippen molar-refractivity contribution in [2.45, 2.75) is 13.0 Å². The fourth-order valence-electron chi connectivity index (χ4n) is 1.22. The van der Waals surface area contributed by atoms with Crippen LogP contribution in [0.3, 0.4) is 0 Å². The minimum absolute atomic E-state index is 0. The smallest absolute Gasteiger partial charge is 0.163 e. The van der Waals surface area contributed by atoms with Crippen LogP contribution in [0.4, 0.5) is 4.39 Å². The first-order valence-electron chi connectivity index (χ1n) is 4.27. The first kappa shape index (κ1) is 14.0. The zero-order valence-electron chi connectivity index (χ0n) is 8.91. The fraction of sp³-hybridized carbons (Fsp3) is 0.400. The van der Waals surface area contributed by atoms with Crippen molar-refractivity contribution in [3.05, 3.63) is 23.5 Å². The van der Waals surface area contributed by atoms with Crippen LogP contribution in [0, 0.1) is 5.82 Å². The van der Waals surface area contributed by atoms with Crippen LogP contribution in [0.25, 0.3) is 0 Å². The number of ether oxygens (including phenoxy) is 2. The van der Waals surface area contributed by atoms with Crippen LogP contribution >= 0.6 is 12.4 Å². The molecule has 5 heteroatoms. The number of hydrogen-bond acceptors (Lipinski definition) is 3. The van der Waals surface area contributed by atoms with Gasteiger partial charge in [0.25, 0.3) is 0 Å². The van der Waals surface area contributed by atoms with Gasteiger partial charge >= 0.3 is 0 Å². The van der Waals surface area contributed by atoms with Crippen molar-refractivity contribution in [3.8, 4) is 11.5 Å². The highest BCUT2D eigenvalue weighted by molar-refractivity contribution is 5.85. The lowest BCUT2D eigenvalue weighted by Gasteiger charge is -2.12. The van der Waals surface area contributed by atoms with Crippen LogP contribution in [0.15, 0.2) is 12.1 Å². The summed E-state index contributed by atoms with van der Waals surface area (Å²) in [6.07, 6.45) is 0. The van der Waals surface area contributed by atoms with E-state index < -0.39 is 0 Å². The van der Waals surface area contributed by atoms with Gasteiger partial charge in [-0.05, 0) is 13.0 Å². The van der Waals surface area contributed by atoms with Crippen molar-refractivity contribution in [1.82, 2.24) is 0 Å². The molecule has 1 aromatic rings. The number of rotatable bonds is 3. The van der Waals surface area contributed by atoms with Crippen molar-refractivity contribution < 1.29 is 13.9 Å². The molecule has 0 fully saturated rings. The summed E-state index contributed by atoms with van der Waals surface area (Å²) in [7, 11) is 2.96. The van der Waals surface area contributed by atoms with Crippen LogP contribution < -0.4 is 15.2 Å². The first-order valence-corrected chi connectivity index (χ1v) is 4.27. The zero-order chi connectivity index (χ0) is 10.7. The standard InChI is InChI=1S/C10H14FNO2.ClH/c1-6(12)7-4-9(13-2)10(14-3)5-8(7)11;/h4-6H,12H2,1-3H3;1H/t6-;/m1./s1. The summed E-state index contributed by atoms with van der Waals surface area (Å²) in [5.41, 5.74) is 6.01. The molecule has 0 spiro atoms. The molecule has 0 radical (unpaired) electrons. The highest BCUT2D eigenvalue weighted by atomic mass is 35.5. The Kier molecular flexibility index (Phi) is 5.39. The molecule has 1 aromatic carbocycles. The van der Waals surface area contributed by atoms with Crippen LogP contribution in [-0.4, -0.2) is 14.2 Å². The zero-order valence-corrected chi connectivity index (χ0v) is 9.73. The molecule has 15 heavy (non-hydrogen) atoms. The molecule has 1 atom stereocenters. The molecule has 0 aliphatic heterocycles. The Labute approximate surface area is 94.8 Å². The molecule has 0 saturated carbocycles. The van der Waals surface area contributed by atoms with E-state index in [0.29, 0.717) is 17.1 Å². The SMILES string of the molecule is COc1cc(F)c([C@@H](C)N)cc1OC.Cl. The van der Waals surface area contributed by atoms with Gasteiger partial charge in [-0.25, -0.2) is 4.39 Å². The number of methoxy groups -OCH3 is 2. The normalized spacial score (nSPS) is 11.5. The van der Waals surface area contributed by atoms with Gasteiger partial charge in [-0.2, -0.15) is 0 Å². The molecule has 0 unspecified atom stereocenters. The summed E-state index contributed by atoms with van der Waals surface area (Å²) in [4.78, 5) is 0. The Morgan fingerprint density at radius 2 is 1.67 bits per heavy atom. The van der Waals surface area contributed by atoms with Crippen LogP contribution in [-0.2, 0) is 0 Å². The predicted molar refractivity (Wildman–Crippen MR) is 59.4 cm³/mol. The summed E-state index contributed by atoms with van der Waals surface area (Å²) in [5, 5.41) is 0. The van der Waals surface area contributed by atoms with Gasteiger partial charge in [0.05, 0.1) is 14.2 Å². The Hall–Kier alpha value is -1.00. The molecule has 0 saturated heterocycles. The molecule has 3 nitrogen and oxygen atoms in total. The minimum atomic E-state index is -0.377. The van der Waals surface area contributed by atoms with Crippen molar-refractivity contribution in [3.63, 3.8) is 0 Å². The predicted octanol–water partition coefficient (Wildman–Crippen LogP) is 2.28. The van der Waals surface area contributed by atoms with Crippen molar-refractivity contribution in [1.29, 1.82) is 0 Å². The topological polar surface area (TPSA) is 44.5 Å². The summed E-state index contributed by atoms with van der Waals surface area (Å²) in [5.74, 6) is 0.480. The van der Waals surface area contributed by atoms with Gasteiger partial charge in [0, 0.05) is 17.7 Å². The molecule has 0 bridgehead atoms. The van der Waals surface area contributed by atoms with E-state index in [-0.39, 0.29) is 24.3 Å². The van der Waals surface area contributed by atoms with Crippen molar-refractivity contribution in [2.75, 3.05) is 14.2 Å². The Morgan fingerprint density at radius 3 is 2.07 bits per heavy atom. The maximum atomic E-state index is 13.4. The summed E-state index contributed by atoms with van der Waals surface area (Å²) < 4.78 is 23.4. The second-order valence-electron chi connectivity index (χ2n) is 3.02. The van der Waals surface area contributed by atoms with Crippen LogP contribution in [0.2, 0.25) is 0 Å². The second-order valence-corrected chi connectivity index (χ2v) is 3.02. The van der Waals surface area contributed by atoms with Gasteiger partial charge in [0.1, 0.15) is 5.82 Å². The van der Waals surface area contributed by atoms with Gasteiger partial charge < -0.3 is 15.2 Å². The summed E-state index contributed by atoms with van der Waals surface area (Å²) in [6.45, 7) is 1.71. The monoisotopic (exact) mass is 235 g/mol. The molecule has 0 aliphatic rings. The number of halogens is 2. The van der Waals surface area contributed by atoms with Gasteiger partial charge in [-0.3, -0.25) is 0 Å². The third-order valence-corrected chi connectivity index (χ3v) is 1.99. The average molecular weight is 236 g/mol. The van der Waals surface area contributed by atoms with Gasteiger partial charge in [0.15, 0.2) is 11.5 Å². The summed E-state index contributed by atoms with van der Waals surface area (Å²) >= 11 is 0. The van der Waals surface area contributed by atoms with Gasteiger partial charge in [-0.1, -0.05) is 0 Å². The molecule has 2 N–H and O–H groups in total. The Morgan fingerprint density at radius 1 is 1.20 bits per heavy atom. The third kappa shape index (κ3) is 2.97. The van der Waals surface area contributed by atoms with E-state index >= 15 is 0 Å². The maximum Gasteiger partial charge on any atom is 0.163 e. The van der Waals surface area contributed by atoms with Crippen LogP contribution in [0.1, 0.15) is 18.5 Å². The minimum Gasteiger partial charge on any atom is -0.493 e. The molecular weight excluding hydrogens is 221 g/mol. The van der Waals surface area contributed by atoms with E-state index in [1.54, 1.807) is 13.0 Å². The molecular formula is C10H15ClFNO2. The van der Waals surface area contributed by atoms with Crippen molar-refractivity contribution >= 4 is 12.4 Å². The van der Waals surface area contributed by atoms with E-state index in [4.69, 9.17) is 15.2 Å². The maximum absolute atomic E-state index is 13.4. The molecule has 1 rings (SSSR count). The lowest BCUT2D eigenvalue weighted by atomic mass is 10.1. The van der Waals surface area contributed by atoms with E-state index in [1.165, 1.54) is 20.3 Å². The number of hydrogen-bond donors (Lipinski definition) is 1. The van der Waals surface area contributed by atoms with E-state index in [2.05, 4.69) is 0 Å². The number of nitrogens with two attached hydrogens (primary N) is 1. The molecule has 0 amide bonds. The highest BCUT2D eigenvalue weighted by Crippen LogP contribution is 2.31. The average Bonchev–Trinajstić information content (AvgIpc) is 2.16. The fourth-order valence-corrected chi connectivity index (χ4v) is 1.22. The quantitative estimate of drug-likeness (QED) is 0.874. The third-order valence-electron chi connectivity index (χ3n) is 1.99. The molecule has 0 heterocycles. The summed E-state index contributed by atoms with van der Waals surface area (Å²) in [6, 6.07) is 2.46. The number of benzene rings is 1. The largest absolute Gasteiger partial charge is 0.493 e. The van der Waals surface area contributed by atoms with Crippen molar-refractivity contribution in [2.24, 2.45) is 5.73 Å². The van der Waals surface area contributed by atoms with E-state index in [9.17, 15) is 4.39 Å². The Bertz CT molecular complexity index is 331. The molecule has 86 valence electrons. The van der Waals surface area contributed by atoms with E-state index in [1.807, 2.05) is 0 Å². The first-order chi connectivity index (χ1) is 6.60. The second kappa shape index (κ2) is 5.78. The van der Waals surface area contributed by atoms with E-state index in [0.717, 1.165) is 0 Å². The van der Waals surface area contributed by atoms with Gasteiger partial charge in [0.2, 0.25) is 0 Å². The lowest BCUT2D eigenvalue weighted by Crippen LogP contribution is -2.08. The highest BCUT2D eigenvalue weighted by Gasteiger charge is 2.13. The van der Waals surface area contributed by atoms with Crippen LogP contribution in [0.5, 0.6) is 11.5 Å². The molecule has 0 aliphatic carbocycles. The van der Waals surface area contributed by atoms with Gasteiger partial charge in [-0.15, -0.1) is 12.4 Å².